The maximum absolute atomic E-state index is 11.2. The summed E-state index contributed by atoms with van der Waals surface area (Å²) in [5.74, 6) is -0.127. The highest BCUT2D eigenvalue weighted by molar-refractivity contribution is 5.77. The molecule has 4 nitrogen and oxygen atoms in total. The van der Waals surface area contributed by atoms with Crippen molar-refractivity contribution in [2.24, 2.45) is 0 Å². The lowest BCUT2D eigenvalue weighted by molar-refractivity contribution is -0.142. The van der Waals surface area contributed by atoms with E-state index < -0.39 is 5.60 Å². The number of cyclic esters (lactones) is 1. The van der Waals surface area contributed by atoms with Crippen LogP contribution < -0.4 is 0 Å². The van der Waals surface area contributed by atoms with Crippen LogP contribution in [0.25, 0.3) is 0 Å². The van der Waals surface area contributed by atoms with Gasteiger partial charge in [-0.2, -0.15) is 0 Å². The van der Waals surface area contributed by atoms with Gasteiger partial charge in [0.15, 0.2) is 0 Å². The molecule has 2 aliphatic rings. The van der Waals surface area contributed by atoms with Crippen molar-refractivity contribution in [2.75, 3.05) is 19.7 Å². The number of carbonyl (C=O) groups is 1. The Hall–Kier alpha value is -0.610. The van der Waals surface area contributed by atoms with Gasteiger partial charge >= 0.3 is 5.97 Å². The SMILES string of the molecule is CC1(O)CCN(C2CCOC2=O)C1. The summed E-state index contributed by atoms with van der Waals surface area (Å²) in [6, 6.07) is -0.103. The quantitative estimate of drug-likeness (QED) is 0.573. The summed E-state index contributed by atoms with van der Waals surface area (Å²) < 4.78 is 4.88. The largest absolute Gasteiger partial charge is 0.464 e. The van der Waals surface area contributed by atoms with E-state index in [0.717, 1.165) is 19.4 Å². The van der Waals surface area contributed by atoms with Gasteiger partial charge in [0.1, 0.15) is 6.04 Å². The number of ether oxygens (including phenoxy) is 1. The van der Waals surface area contributed by atoms with E-state index in [9.17, 15) is 9.90 Å². The number of likely N-dealkylation sites (tertiary alicyclic amines) is 1. The second-order valence-electron chi connectivity index (χ2n) is 4.19. The van der Waals surface area contributed by atoms with Gasteiger partial charge in [0.25, 0.3) is 0 Å². The predicted octanol–water partition coefficient (Wildman–Crippen LogP) is -0.241. The molecular weight excluding hydrogens is 170 g/mol. The molecule has 2 fully saturated rings. The minimum Gasteiger partial charge on any atom is -0.464 e. The molecule has 1 N–H and O–H groups in total. The van der Waals surface area contributed by atoms with Crippen molar-refractivity contribution in [1.29, 1.82) is 0 Å². The fourth-order valence-corrected chi connectivity index (χ4v) is 2.06. The average molecular weight is 185 g/mol. The molecule has 74 valence electrons. The van der Waals surface area contributed by atoms with Crippen molar-refractivity contribution >= 4 is 5.97 Å². The molecule has 2 atom stereocenters. The fraction of sp³-hybridized carbons (Fsp3) is 0.889. The molecule has 4 heteroatoms. The van der Waals surface area contributed by atoms with Crippen molar-refractivity contribution in [3.8, 4) is 0 Å². The van der Waals surface area contributed by atoms with E-state index in [4.69, 9.17) is 4.74 Å². The Morgan fingerprint density at radius 1 is 1.69 bits per heavy atom. The van der Waals surface area contributed by atoms with Crippen LogP contribution in [0.1, 0.15) is 19.8 Å². The molecule has 0 aromatic rings. The van der Waals surface area contributed by atoms with Crippen molar-refractivity contribution < 1.29 is 14.6 Å². The molecule has 0 spiro atoms. The molecule has 0 radical (unpaired) electrons. The first-order chi connectivity index (χ1) is 6.08. The van der Waals surface area contributed by atoms with Crippen molar-refractivity contribution in [3.63, 3.8) is 0 Å². The van der Waals surface area contributed by atoms with E-state index >= 15 is 0 Å². The smallest absolute Gasteiger partial charge is 0.323 e. The molecule has 0 aromatic carbocycles. The number of esters is 1. The number of β-amino-alcohol motifs (C(OH)–C–C–N with tert-alkyl or cyclic N) is 1. The maximum Gasteiger partial charge on any atom is 0.323 e. The zero-order valence-electron chi connectivity index (χ0n) is 7.82. The van der Waals surface area contributed by atoms with Crippen LogP contribution >= 0.6 is 0 Å². The van der Waals surface area contributed by atoms with Gasteiger partial charge in [-0.25, -0.2) is 0 Å². The third kappa shape index (κ3) is 1.69. The summed E-state index contributed by atoms with van der Waals surface area (Å²) in [7, 11) is 0. The van der Waals surface area contributed by atoms with E-state index in [0.29, 0.717) is 13.2 Å². The molecule has 2 rings (SSSR count). The molecule has 0 aliphatic carbocycles. The maximum atomic E-state index is 11.2. The zero-order chi connectivity index (χ0) is 9.47. The fourth-order valence-electron chi connectivity index (χ4n) is 2.06. The lowest BCUT2D eigenvalue weighted by Gasteiger charge is -2.21. The molecule has 2 heterocycles. The van der Waals surface area contributed by atoms with Crippen LogP contribution in [0.2, 0.25) is 0 Å². The molecule has 2 unspecified atom stereocenters. The Bertz CT molecular complexity index is 227. The summed E-state index contributed by atoms with van der Waals surface area (Å²) in [5, 5.41) is 9.72. The normalized spacial score (nSPS) is 41.1. The van der Waals surface area contributed by atoms with Gasteiger partial charge in [0.2, 0.25) is 0 Å². The lowest BCUT2D eigenvalue weighted by Crippen LogP contribution is -2.39. The van der Waals surface area contributed by atoms with Gasteiger partial charge in [0.05, 0.1) is 12.2 Å². The minimum absolute atomic E-state index is 0.103. The van der Waals surface area contributed by atoms with Crippen LogP contribution in [0.3, 0.4) is 0 Å². The van der Waals surface area contributed by atoms with Crippen LogP contribution in [-0.4, -0.2) is 47.3 Å². The van der Waals surface area contributed by atoms with Crippen molar-refractivity contribution in [1.82, 2.24) is 4.90 Å². The van der Waals surface area contributed by atoms with E-state index in [2.05, 4.69) is 0 Å². The van der Waals surface area contributed by atoms with E-state index in [1.54, 1.807) is 0 Å². The van der Waals surface area contributed by atoms with E-state index in [-0.39, 0.29) is 12.0 Å². The average Bonchev–Trinajstić information content (AvgIpc) is 2.56. The van der Waals surface area contributed by atoms with E-state index in [1.165, 1.54) is 0 Å². The summed E-state index contributed by atoms with van der Waals surface area (Å²) in [6.45, 7) is 3.73. The monoisotopic (exact) mass is 185 g/mol. The molecule has 0 bridgehead atoms. The summed E-state index contributed by atoms with van der Waals surface area (Å²) >= 11 is 0. The number of nitrogens with zero attached hydrogens (tertiary/aromatic N) is 1. The summed E-state index contributed by atoms with van der Waals surface area (Å²) in [6.07, 6.45) is 1.52. The van der Waals surface area contributed by atoms with Crippen molar-refractivity contribution in [3.05, 3.63) is 0 Å². The minimum atomic E-state index is -0.622. The Kier molecular flexibility index (Phi) is 2.04. The Morgan fingerprint density at radius 2 is 2.46 bits per heavy atom. The molecule has 2 aliphatic heterocycles. The van der Waals surface area contributed by atoms with Crippen molar-refractivity contribution in [2.45, 2.75) is 31.4 Å². The van der Waals surface area contributed by atoms with Gasteiger partial charge in [0, 0.05) is 19.5 Å². The predicted molar refractivity (Wildman–Crippen MR) is 46.2 cm³/mol. The number of hydrogen-bond acceptors (Lipinski definition) is 4. The van der Waals surface area contributed by atoms with Gasteiger partial charge < -0.3 is 9.84 Å². The van der Waals surface area contributed by atoms with Gasteiger partial charge in [-0.3, -0.25) is 9.69 Å². The molecule has 0 saturated carbocycles. The highest BCUT2D eigenvalue weighted by Crippen LogP contribution is 2.25. The Morgan fingerprint density at radius 3 is 2.92 bits per heavy atom. The lowest BCUT2D eigenvalue weighted by atomic mass is 10.1. The molecule has 0 aromatic heterocycles. The summed E-state index contributed by atoms with van der Waals surface area (Å²) in [4.78, 5) is 13.2. The Labute approximate surface area is 77.5 Å². The van der Waals surface area contributed by atoms with Gasteiger partial charge in [-0.1, -0.05) is 0 Å². The zero-order valence-corrected chi connectivity index (χ0v) is 7.82. The Balaban J connectivity index is 1.99. The van der Waals surface area contributed by atoms with Crippen LogP contribution in [0.4, 0.5) is 0 Å². The topological polar surface area (TPSA) is 49.8 Å². The van der Waals surface area contributed by atoms with Gasteiger partial charge in [-0.15, -0.1) is 0 Å². The second kappa shape index (κ2) is 2.96. The molecule has 0 amide bonds. The highest BCUT2D eigenvalue weighted by atomic mass is 16.5. The standard InChI is InChI=1S/C9H15NO3/c1-9(12)3-4-10(6-9)7-2-5-13-8(7)11/h7,12H,2-6H2,1H3. The summed E-state index contributed by atoms with van der Waals surface area (Å²) in [5.41, 5.74) is -0.622. The third-order valence-electron chi connectivity index (χ3n) is 2.83. The number of hydrogen-bond donors (Lipinski definition) is 1. The van der Waals surface area contributed by atoms with Gasteiger partial charge in [-0.05, 0) is 13.3 Å². The first-order valence-corrected chi connectivity index (χ1v) is 4.72. The van der Waals surface area contributed by atoms with Crippen LogP contribution in [0, 0.1) is 0 Å². The van der Waals surface area contributed by atoms with E-state index in [1.807, 2.05) is 11.8 Å². The van der Waals surface area contributed by atoms with Crippen LogP contribution in [0.15, 0.2) is 0 Å². The number of aliphatic hydroxyl groups is 1. The van der Waals surface area contributed by atoms with Crippen LogP contribution in [-0.2, 0) is 9.53 Å². The molecule has 13 heavy (non-hydrogen) atoms. The number of carbonyl (C=O) groups excluding carboxylic acids is 1. The van der Waals surface area contributed by atoms with Crippen LogP contribution in [0.5, 0.6) is 0 Å². The molecular formula is C9H15NO3. The third-order valence-corrected chi connectivity index (χ3v) is 2.83. The second-order valence-corrected chi connectivity index (χ2v) is 4.19. The number of rotatable bonds is 1. The first kappa shape index (κ1) is 8.97. The molecule has 2 saturated heterocycles. The first-order valence-electron chi connectivity index (χ1n) is 4.72. The highest BCUT2D eigenvalue weighted by Gasteiger charge is 2.40.